The minimum Gasteiger partial charge on any atom is -0.342 e. The fourth-order valence-corrected chi connectivity index (χ4v) is 2.11. The lowest BCUT2D eigenvalue weighted by Crippen LogP contribution is -2.21. The molecule has 1 aromatic rings. The molecule has 0 aromatic heterocycles. The number of likely N-dealkylation sites (N-methyl/N-ethyl adjacent to an activating group) is 1. The topological polar surface area (TPSA) is 3.24 Å². The van der Waals surface area contributed by atoms with E-state index in [4.69, 9.17) is 0 Å². The first-order valence-corrected chi connectivity index (χ1v) is 5.75. The second kappa shape index (κ2) is 4.58. The predicted octanol–water partition coefficient (Wildman–Crippen LogP) is 3.88. The zero-order valence-electron chi connectivity index (χ0n) is 10.2. The van der Waals surface area contributed by atoms with Gasteiger partial charge in [-0.2, -0.15) is 0 Å². The molecule has 2 heteroatoms. The zero-order chi connectivity index (χ0) is 12.4. The Morgan fingerprint density at radius 2 is 2.12 bits per heavy atom. The molecule has 88 valence electrons. The van der Waals surface area contributed by atoms with E-state index in [-0.39, 0.29) is 5.82 Å². The van der Waals surface area contributed by atoms with Crippen LogP contribution in [0.2, 0.25) is 0 Å². The highest BCUT2D eigenvalue weighted by atomic mass is 19.1. The van der Waals surface area contributed by atoms with E-state index in [1.165, 1.54) is 6.07 Å². The van der Waals surface area contributed by atoms with Gasteiger partial charge in [0.05, 0.1) is 0 Å². The Morgan fingerprint density at radius 3 is 2.76 bits per heavy atom. The van der Waals surface area contributed by atoms with Crippen LogP contribution < -0.4 is 0 Å². The standard InChI is InChI=1S/C15H16FN/c1-4-17-12(3)6-5-7-15(17)14-9-8-13(16)10-11(14)2/h5-10H,3-4H2,1-2H3. The van der Waals surface area contributed by atoms with Gasteiger partial charge in [-0.1, -0.05) is 12.7 Å². The molecule has 1 aliphatic heterocycles. The highest BCUT2D eigenvalue weighted by molar-refractivity contribution is 5.71. The minimum absolute atomic E-state index is 0.194. The largest absolute Gasteiger partial charge is 0.342 e. The third-order valence-corrected chi connectivity index (χ3v) is 2.96. The van der Waals surface area contributed by atoms with E-state index in [1.54, 1.807) is 6.07 Å². The van der Waals surface area contributed by atoms with Gasteiger partial charge in [0.2, 0.25) is 0 Å². The number of benzene rings is 1. The van der Waals surface area contributed by atoms with Gasteiger partial charge in [0.25, 0.3) is 0 Å². The number of rotatable bonds is 2. The summed E-state index contributed by atoms with van der Waals surface area (Å²) < 4.78 is 13.1. The summed E-state index contributed by atoms with van der Waals surface area (Å²) in [5.41, 5.74) is 4.04. The number of aryl methyl sites for hydroxylation is 1. The summed E-state index contributed by atoms with van der Waals surface area (Å²) in [6.07, 6.45) is 6.00. The van der Waals surface area contributed by atoms with E-state index >= 15 is 0 Å². The Kier molecular flexibility index (Phi) is 3.14. The maximum atomic E-state index is 13.1. The molecule has 1 aliphatic rings. The van der Waals surface area contributed by atoms with Gasteiger partial charge in [0.15, 0.2) is 0 Å². The van der Waals surface area contributed by atoms with Crippen molar-refractivity contribution in [3.63, 3.8) is 0 Å². The molecule has 0 saturated heterocycles. The lowest BCUT2D eigenvalue weighted by Gasteiger charge is -2.29. The van der Waals surface area contributed by atoms with Gasteiger partial charge in [-0.3, -0.25) is 0 Å². The average Bonchev–Trinajstić information content (AvgIpc) is 2.29. The maximum absolute atomic E-state index is 13.1. The number of hydrogen-bond donors (Lipinski definition) is 0. The van der Waals surface area contributed by atoms with Crippen LogP contribution in [0.25, 0.3) is 5.70 Å². The second-order valence-corrected chi connectivity index (χ2v) is 4.11. The van der Waals surface area contributed by atoms with Crippen molar-refractivity contribution in [2.45, 2.75) is 13.8 Å². The molecule has 0 bridgehead atoms. The lowest BCUT2D eigenvalue weighted by molar-refractivity contribution is 0.529. The molecule has 0 saturated carbocycles. The van der Waals surface area contributed by atoms with Crippen molar-refractivity contribution in [2.75, 3.05) is 6.54 Å². The molecular formula is C15H16FN. The van der Waals surface area contributed by atoms with Crippen molar-refractivity contribution in [3.8, 4) is 0 Å². The molecule has 1 nitrogen and oxygen atoms in total. The van der Waals surface area contributed by atoms with Crippen molar-refractivity contribution in [1.29, 1.82) is 0 Å². The molecule has 0 amide bonds. The van der Waals surface area contributed by atoms with Crippen LogP contribution in [-0.2, 0) is 0 Å². The van der Waals surface area contributed by atoms with Crippen LogP contribution in [0, 0.1) is 12.7 Å². The summed E-state index contributed by atoms with van der Waals surface area (Å²) in [6, 6.07) is 4.88. The van der Waals surface area contributed by atoms with Gasteiger partial charge in [-0.25, -0.2) is 4.39 Å². The molecule has 0 fully saturated rings. The molecule has 1 aromatic carbocycles. The first-order chi connectivity index (χ1) is 8.13. The summed E-state index contributed by atoms with van der Waals surface area (Å²) in [6.45, 7) is 8.87. The SMILES string of the molecule is C=C1C=CC=C(c2ccc(F)cc2C)N1CC. The molecule has 17 heavy (non-hydrogen) atoms. The van der Waals surface area contributed by atoms with Crippen molar-refractivity contribution < 1.29 is 4.39 Å². The summed E-state index contributed by atoms with van der Waals surface area (Å²) in [4.78, 5) is 2.13. The zero-order valence-corrected chi connectivity index (χ0v) is 10.2. The summed E-state index contributed by atoms with van der Waals surface area (Å²) in [5.74, 6) is -0.194. The van der Waals surface area contributed by atoms with E-state index in [2.05, 4.69) is 18.4 Å². The summed E-state index contributed by atoms with van der Waals surface area (Å²) >= 11 is 0. The molecule has 0 N–H and O–H groups in total. The predicted molar refractivity (Wildman–Crippen MR) is 69.8 cm³/mol. The minimum atomic E-state index is -0.194. The van der Waals surface area contributed by atoms with Crippen LogP contribution in [0.3, 0.4) is 0 Å². The van der Waals surface area contributed by atoms with Gasteiger partial charge in [-0.05, 0) is 49.8 Å². The van der Waals surface area contributed by atoms with Gasteiger partial charge < -0.3 is 4.90 Å². The molecule has 2 rings (SSSR count). The molecule has 0 spiro atoms. The summed E-state index contributed by atoms with van der Waals surface area (Å²) in [7, 11) is 0. The number of nitrogens with zero attached hydrogens (tertiary/aromatic N) is 1. The van der Waals surface area contributed by atoms with Crippen LogP contribution >= 0.6 is 0 Å². The van der Waals surface area contributed by atoms with E-state index in [9.17, 15) is 4.39 Å². The highest BCUT2D eigenvalue weighted by Crippen LogP contribution is 2.28. The van der Waals surface area contributed by atoms with E-state index in [0.717, 1.165) is 29.1 Å². The fourth-order valence-electron chi connectivity index (χ4n) is 2.11. The molecule has 0 unspecified atom stereocenters. The Labute approximate surface area is 102 Å². The second-order valence-electron chi connectivity index (χ2n) is 4.11. The first-order valence-electron chi connectivity index (χ1n) is 5.75. The number of hydrogen-bond acceptors (Lipinski definition) is 1. The van der Waals surface area contributed by atoms with Gasteiger partial charge >= 0.3 is 0 Å². The summed E-state index contributed by atoms with van der Waals surface area (Å²) in [5, 5.41) is 0. The van der Waals surface area contributed by atoms with Crippen LogP contribution in [0.1, 0.15) is 18.1 Å². The van der Waals surface area contributed by atoms with Crippen LogP contribution in [0.4, 0.5) is 4.39 Å². The maximum Gasteiger partial charge on any atom is 0.123 e. The Morgan fingerprint density at radius 1 is 1.35 bits per heavy atom. The molecular weight excluding hydrogens is 213 g/mol. The monoisotopic (exact) mass is 229 g/mol. The van der Waals surface area contributed by atoms with Gasteiger partial charge in [-0.15, -0.1) is 0 Å². The molecule has 1 heterocycles. The van der Waals surface area contributed by atoms with Crippen LogP contribution in [0.15, 0.2) is 48.7 Å². The Hall–Kier alpha value is -1.83. The number of allylic oxidation sites excluding steroid dienone is 3. The number of halogens is 1. The molecule has 0 aliphatic carbocycles. The van der Waals surface area contributed by atoms with Crippen molar-refractivity contribution in [3.05, 3.63) is 65.6 Å². The van der Waals surface area contributed by atoms with Crippen molar-refractivity contribution in [1.82, 2.24) is 4.90 Å². The smallest absolute Gasteiger partial charge is 0.123 e. The molecule has 0 atom stereocenters. The van der Waals surface area contributed by atoms with Crippen LogP contribution in [-0.4, -0.2) is 11.4 Å². The van der Waals surface area contributed by atoms with Crippen molar-refractivity contribution >= 4 is 5.70 Å². The Bertz CT molecular complexity index is 512. The lowest BCUT2D eigenvalue weighted by atomic mass is 10.0. The Balaban J connectivity index is 2.48. The quantitative estimate of drug-likeness (QED) is 0.744. The van der Waals surface area contributed by atoms with E-state index in [1.807, 2.05) is 31.2 Å². The molecule has 0 radical (unpaired) electrons. The van der Waals surface area contributed by atoms with Crippen LogP contribution in [0.5, 0.6) is 0 Å². The fraction of sp³-hybridized carbons (Fsp3) is 0.200. The third-order valence-electron chi connectivity index (χ3n) is 2.96. The average molecular weight is 229 g/mol. The highest BCUT2D eigenvalue weighted by Gasteiger charge is 2.15. The van der Waals surface area contributed by atoms with E-state index in [0.29, 0.717) is 0 Å². The van der Waals surface area contributed by atoms with Gasteiger partial charge in [0.1, 0.15) is 5.82 Å². The van der Waals surface area contributed by atoms with E-state index < -0.39 is 0 Å². The third kappa shape index (κ3) is 2.16. The normalized spacial score (nSPS) is 15.1. The van der Waals surface area contributed by atoms with Gasteiger partial charge in [0, 0.05) is 23.5 Å². The first kappa shape index (κ1) is 11.6. The van der Waals surface area contributed by atoms with Crippen molar-refractivity contribution in [2.24, 2.45) is 0 Å².